The van der Waals surface area contributed by atoms with Crippen LogP contribution >= 0.6 is 0 Å². The van der Waals surface area contributed by atoms with Crippen molar-refractivity contribution in [3.63, 3.8) is 0 Å². The Balaban J connectivity index is 1.17. The number of nitrogens with zero attached hydrogens (tertiary/aromatic N) is 2. The molecule has 37 heavy (non-hydrogen) atoms. The van der Waals surface area contributed by atoms with Gasteiger partial charge in [0.1, 0.15) is 0 Å². The fourth-order valence-corrected chi connectivity index (χ4v) is 6.45. The Labute approximate surface area is 219 Å². The number of carbonyl (C=O) groups excluding carboxylic acids is 1. The van der Waals surface area contributed by atoms with Gasteiger partial charge in [-0.25, -0.2) is 8.42 Å². The molecule has 1 saturated heterocycles. The lowest BCUT2D eigenvalue weighted by atomic mass is 9.99. The molecule has 5 rings (SSSR count). The summed E-state index contributed by atoms with van der Waals surface area (Å²) in [5, 5.41) is 2.87. The zero-order chi connectivity index (χ0) is 25.8. The van der Waals surface area contributed by atoms with Gasteiger partial charge >= 0.3 is 0 Å². The number of benzene rings is 3. The normalized spacial score (nSPS) is 16.9. The highest BCUT2D eigenvalue weighted by molar-refractivity contribution is 7.89. The van der Waals surface area contributed by atoms with Crippen LogP contribution in [0.1, 0.15) is 39.9 Å². The van der Waals surface area contributed by atoms with E-state index in [-0.39, 0.29) is 16.8 Å². The molecule has 0 unspecified atom stereocenters. The van der Waals surface area contributed by atoms with Crippen LogP contribution in [0.4, 0.5) is 5.69 Å². The summed E-state index contributed by atoms with van der Waals surface area (Å²) >= 11 is 0. The lowest BCUT2D eigenvalue weighted by molar-refractivity contribution is 0.0632. The van der Waals surface area contributed by atoms with Crippen LogP contribution < -0.4 is 5.32 Å². The van der Waals surface area contributed by atoms with Crippen LogP contribution in [0, 0.1) is 0 Å². The number of rotatable bonds is 7. The highest BCUT2D eigenvalue weighted by atomic mass is 32.2. The Hall–Kier alpha value is -3.04. The average Bonchev–Trinajstić information content (AvgIpc) is 2.93. The van der Waals surface area contributed by atoms with Crippen molar-refractivity contribution in [1.29, 1.82) is 0 Å². The number of anilines is 1. The largest absolute Gasteiger partial charge is 0.381 e. The van der Waals surface area contributed by atoms with E-state index in [0.29, 0.717) is 37.3 Å². The molecule has 1 N–H and O–H groups in total. The first-order valence-electron chi connectivity index (χ1n) is 12.8. The van der Waals surface area contributed by atoms with Crippen molar-refractivity contribution < 1.29 is 17.9 Å². The van der Waals surface area contributed by atoms with Gasteiger partial charge in [0.2, 0.25) is 10.0 Å². The van der Waals surface area contributed by atoms with Crippen LogP contribution in [0.2, 0.25) is 0 Å². The SMILES string of the molecule is CN(C1CCOCC1)S(=O)(=O)c1ccc(NC(=O)c2ccc(CN3CCc4ccccc4C3)cc2)cc1. The summed E-state index contributed by atoms with van der Waals surface area (Å²) in [5.41, 5.74) is 5.10. The molecule has 2 heterocycles. The number of nitrogens with one attached hydrogen (secondary N) is 1. The second-order valence-electron chi connectivity index (χ2n) is 9.77. The first kappa shape index (κ1) is 25.6. The molecule has 194 valence electrons. The molecule has 7 nitrogen and oxygen atoms in total. The molecule has 0 aliphatic carbocycles. The highest BCUT2D eigenvalue weighted by Gasteiger charge is 2.29. The van der Waals surface area contributed by atoms with Gasteiger partial charge in [-0.15, -0.1) is 0 Å². The van der Waals surface area contributed by atoms with E-state index in [9.17, 15) is 13.2 Å². The van der Waals surface area contributed by atoms with E-state index in [1.807, 2.05) is 24.3 Å². The van der Waals surface area contributed by atoms with Gasteiger partial charge in [-0.2, -0.15) is 4.31 Å². The molecular weight excluding hydrogens is 486 g/mol. The monoisotopic (exact) mass is 519 g/mol. The Morgan fingerprint density at radius 3 is 2.35 bits per heavy atom. The van der Waals surface area contributed by atoms with Crippen molar-refractivity contribution in [1.82, 2.24) is 9.21 Å². The number of ether oxygens (including phenoxy) is 1. The lowest BCUT2D eigenvalue weighted by Gasteiger charge is -2.30. The maximum absolute atomic E-state index is 13.0. The van der Waals surface area contributed by atoms with E-state index in [1.165, 1.54) is 21.0 Å². The van der Waals surface area contributed by atoms with Crippen molar-refractivity contribution in [2.75, 3.05) is 32.1 Å². The minimum absolute atomic E-state index is 0.0631. The fourth-order valence-electron chi connectivity index (χ4n) is 5.03. The molecule has 2 aliphatic heterocycles. The van der Waals surface area contributed by atoms with Gasteiger partial charge in [-0.1, -0.05) is 36.4 Å². The molecule has 2 aliphatic rings. The van der Waals surface area contributed by atoms with E-state index in [0.717, 1.165) is 26.1 Å². The second kappa shape index (κ2) is 11.1. The average molecular weight is 520 g/mol. The molecule has 0 bridgehead atoms. The zero-order valence-electron chi connectivity index (χ0n) is 21.1. The second-order valence-corrected chi connectivity index (χ2v) is 11.8. The Morgan fingerprint density at radius 1 is 0.973 bits per heavy atom. The van der Waals surface area contributed by atoms with Crippen LogP contribution in [-0.4, -0.2) is 56.4 Å². The van der Waals surface area contributed by atoms with Gasteiger partial charge in [0.15, 0.2) is 0 Å². The van der Waals surface area contributed by atoms with E-state index in [4.69, 9.17) is 4.74 Å². The smallest absolute Gasteiger partial charge is 0.255 e. The lowest BCUT2D eigenvalue weighted by Crippen LogP contribution is -2.40. The van der Waals surface area contributed by atoms with Crippen molar-refractivity contribution in [3.05, 3.63) is 95.1 Å². The number of fused-ring (bicyclic) bond motifs is 1. The molecule has 3 aromatic carbocycles. The molecule has 8 heteroatoms. The molecule has 1 amide bonds. The summed E-state index contributed by atoms with van der Waals surface area (Å²) < 4.78 is 32.8. The van der Waals surface area contributed by atoms with E-state index < -0.39 is 10.0 Å². The van der Waals surface area contributed by atoms with Crippen molar-refractivity contribution in [3.8, 4) is 0 Å². The maximum Gasteiger partial charge on any atom is 0.255 e. The minimum atomic E-state index is -3.61. The Kier molecular flexibility index (Phi) is 7.71. The molecule has 0 aromatic heterocycles. The van der Waals surface area contributed by atoms with Gasteiger partial charge < -0.3 is 10.1 Å². The van der Waals surface area contributed by atoms with E-state index in [2.05, 4.69) is 34.5 Å². The van der Waals surface area contributed by atoms with Gasteiger partial charge in [-0.05, 0) is 72.4 Å². The molecule has 0 atom stereocenters. The quantitative estimate of drug-likeness (QED) is 0.504. The number of hydrogen-bond donors (Lipinski definition) is 1. The molecule has 0 radical (unpaired) electrons. The van der Waals surface area contributed by atoms with Gasteiger partial charge in [-0.3, -0.25) is 9.69 Å². The summed E-state index contributed by atoms with van der Waals surface area (Å²) in [6.07, 6.45) is 2.44. The Morgan fingerprint density at radius 2 is 1.65 bits per heavy atom. The fraction of sp³-hybridized carbons (Fsp3) is 0.345. The standard InChI is InChI=1S/C29H33N3O4S/c1-31(27-15-18-36-19-16-27)37(34,35)28-12-10-26(11-13-28)30-29(33)24-8-6-22(7-9-24)20-32-17-14-23-4-2-3-5-25(23)21-32/h2-13,27H,14-21H2,1H3,(H,30,33). The topological polar surface area (TPSA) is 79.0 Å². The summed E-state index contributed by atoms with van der Waals surface area (Å²) in [4.78, 5) is 15.4. The third-order valence-corrected chi connectivity index (χ3v) is 9.25. The van der Waals surface area contributed by atoms with Crippen LogP contribution in [0.25, 0.3) is 0 Å². The zero-order valence-corrected chi connectivity index (χ0v) is 21.9. The Bertz CT molecular complexity index is 1330. The summed E-state index contributed by atoms with van der Waals surface area (Å²) in [6, 6.07) is 22.5. The third-order valence-electron chi connectivity index (χ3n) is 7.33. The summed E-state index contributed by atoms with van der Waals surface area (Å²) in [6.45, 7) is 3.95. The predicted octanol–water partition coefficient (Wildman–Crippen LogP) is 4.30. The first-order valence-corrected chi connectivity index (χ1v) is 14.2. The predicted molar refractivity (Wildman–Crippen MR) is 144 cm³/mol. The number of carbonyl (C=O) groups is 1. The molecule has 3 aromatic rings. The van der Waals surface area contributed by atoms with Crippen molar-refractivity contribution in [2.45, 2.75) is 43.3 Å². The third kappa shape index (κ3) is 5.93. The van der Waals surface area contributed by atoms with Crippen molar-refractivity contribution in [2.24, 2.45) is 0 Å². The van der Waals surface area contributed by atoms with Gasteiger partial charge in [0.05, 0.1) is 4.90 Å². The minimum Gasteiger partial charge on any atom is -0.381 e. The van der Waals surface area contributed by atoms with Crippen LogP contribution in [0.5, 0.6) is 0 Å². The molecule has 0 saturated carbocycles. The summed E-state index contributed by atoms with van der Waals surface area (Å²) in [7, 11) is -1.99. The van der Waals surface area contributed by atoms with E-state index >= 15 is 0 Å². The van der Waals surface area contributed by atoms with Gasteiger partial charge in [0.25, 0.3) is 5.91 Å². The molecular formula is C29H33N3O4S. The highest BCUT2D eigenvalue weighted by Crippen LogP contribution is 2.24. The van der Waals surface area contributed by atoms with Gasteiger partial charge in [0, 0.05) is 57.2 Å². The maximum atomic E-state index is 13.0. The van der Waals surface area contributed by atoms with E-state index in [1.54, 1.807) is 31.3 Å². The summed E-state index contributed by atoms with van der Waals surface area (Å²) in [5.74, 6) is -0.228. The van der Waals surface area contributed by atoms with Crippen LogP contribution in [-0.2, 0) is 34.3 Å². The van der Waals surface area contributed by atoms with Crippen LogP contribution in [0.3, 0.4) is 0 Å². The van der Waals surface area contributed by atoms with Crippen LogP contribution in [0.15, 0.2) is 77.7 Å². The number of sulfonamides is 1. The first-order chi connectivity index (χ1) is 17.9. The van der Waals surface area contributed by atoms with Crippen molar-refractivity contribution >= 4 is 21.6 Å². The number of hydrogen-bond acceptors (Lipinski definition) is 5. The molecule has 0 spiro atoms. The number of amides is 1. The molecule has 1 fully saturated rings.